The van der Waals surface area contributed by atoms with Crippen molar-refractivity contribution >= 4 is 17.3 Å². The van der Waals surface area contributed by atoms with E-state index in [4.69, 9.17) is 5.73 Å². The molecule has 1 aliphatic heterocycles. The van der Waals surface area contributed by atoms with Crippen LogP contribution in [-0.2, 0) is 4.79 Å². The molecule has 0 aliphatic carbocycles. The van der Waals surface area contributed by atoms with E-state index in [0.717, 1.165) is 16.9 Å². The fourth-order valence-corrected chi connectivity index (χ4v) is 2.68. The second kappa shape index (κ2) is 4.86. The van der Waals surface area contributed by atoms with Gasteiger partial charge < -0.3 is 5.73 Å². The zero-order chi connectivity index (χ0) is 13.2. The van der Waals surface area contributed by atoms with Crippen molar-refractivity contribution in [1.82, 2.24) is 0 Å². The number of anilines is 2. The van der Waals surface area contributed by atoms with Crippen molar-refractivity contribution in [3.05, 3.63) is 60.2 Å². The van der Waals surface area contributed by atoms with Gasteiger partial charge in [-0.2, -0.15) is 0 Å². The Bertz CT molecular complexity index is 595. The van der Waals surface area contributed by atoms with Gasteiger partial charge in [0.05, 0.1) is 11.6 Å². The summed E-state index contributed by atoms with van der Waals surface area (Å²) < 4.78 is 0. The zero-order valence-electron chi connectivity index (χ0n) is 10.6. The zero-order valence-corrected chi connectivity index (χ0v) is 10.6. The van der Waals surface area contributed by atoms with Crippen LogP contribution in [-0.4, -0.2) is 12.5 Å². The molecule has 3 rings (SSSR count). The van der Waals surface area contributed by atoms with Crippen molar-refractivity contribution in [2.24, 2.45) is 5.73 Å². The van der Waals surface area contributed by atoms with Crippen LogP contribution in [0, 0.1) is 0 Å². The van der Waals surface area contributed by atoms with Crippen molar-refractivity contribution in [3.8, 4) is 0 Å². The van der Waals surface area contributed by atoms with E-state index in [1.54, 1.807) is 4.90 Å². The number of hydrogen-bond donors (Lipinski definition) is 1. The predicted molar refractivity (Wildman–Crippen MR) is 76.4 cm³/mol. The summed E-state index contributed by atoms with van der Waals surface area (Å²) in [5.74, 6) is 0.0132. The number of carbonyl (C=O) groups is 1. The summed E-state index contributed by atoms with van der Waals surface area (Å²) >= 11 is 0. The quantitative estimate of drug-likeness (QED) is 0.913. The Balaban J connectivity index is 2.09. The molecule has 1 atom stereocenters. The van der Waals surface area contributed by atoms with Gasteiger partial charge >= 0.3 is 0 Å². The van der Waals surface area contributed by atoms with Crippen LogP contribution in [0.5, 0.6) is 0 Å². The van der Waals surface area contributed by atoms with Crippen molar-refractivity contribution in [1.29, 1.82) is 0 Å². The summed E-state index contributed by atoms with van der Waals surface area (Å²) in [6.07, 6.45) is 0.694. The van der Waals surface area contributed by atoms with Gasteiger partial charge in [0.15, 0.2) is 0 Å². The van der Waals surface area contributed by atoms with E-state index in [1.807, 2.05) is 54.6 Å². The van der Waals surface area contributed by atoms with Crippen LogP contribution in [0.3, 0.4) is 0 Å². The molecule has 0 radical (unpaired) electrons. The smallest absolute Gasteiger partial charge is 0.239 e. The van der Waals surface area contributed by atoms with Crippen molar-refractivity contribution in [3.63, 3.8) is 0 Å². The van der Waals surface area contributed by atoms with E-state index in [1.165, 1.54) is 0 Å². The number of nitrogens with two attached hydrogens (primary N) is 1. The highest BCUT2D eigenvalue weighted by atomic mass is 16.2. The first-order valence-corrected chi connectivity index (χ1v) is 6.51. The maximum absolute atomic E-state index is 12.6. The van der Waals surface area contributed by atoms with Gasteiger partial charge in [0, 0.05) is 5.69 Å². The summed E-state index contributed by atoms with van der Waals surface area (Å²) in [5, 5.41) is 0. The van der Waals surface area contributed by atoms with Crippen LogP contribution < -0.4 is 10.6 Å². The van der Waals surface area contributed by atoms with Crippen LogP contribution in [0.15, 0.2) is 54.6 Å². The number of hydrogen-bond acceptors (Lipinski definition) is 2. The molecule has 1 heterocycles. The molecule has 0 spiro atoms. The first-order chi connectivity index (χ1) is 9.33. The summed E-state index contributed by atoms with van der Waals surface area (Å²) in [6.45, 7) is 0.521. The van der Waals surface area contributed by atoms with Crippen LogP contribution in [0.2, 0.25) is 0 Å². The lowest BCUT2D eigenvalue weighted by Gasteiger charge is -2.18. The van der Waals surface area contributed by atoms with Gasteiger partial charge in [-0.1, -0.05) is 36.4 Å². The second-order valence-corrected chi connectivity index (χ2v) is 4.70. The number of rotatable bonds is 3. The molecule has 1 unspecified atom stereocenters. The van der Waals surface area contributed by atoms with Gasteiger partial charge in [0.2, 0.25) is 5.91 Å². The Labute approximate surface area is 112 Å². The standard InChI is InChI=1S/C16H16N2O/c17-11-10-14-13-8-4-5-9-15(13)18(16(14)19)12-6-2-1-3-7-12/h1-9,14H,10-11,17H2. The molecule has 1 amide bonds. The molecule has 0 saturated heterocycles. The highest BCUT2D eigenvalue weighted by molar-refractivity contribution is 6.10. The molecule has 0 fully saturated rings. The number of carbonyl (C=O) groups excluding carboxylic acids is 1. The summed E-state index contributed by atoms with van der Waals surface area (Å²) in [7, 11) is 0. The molecule has 0 saturated carbocycles. The van der Waals surface area contributed by atoms with E-state index >= 15 is 0 Å². The Morgan fingerprint density at radius 1 is 1.00 bits per heavy atom. The third kappa shape index (κ3) is 1.92. The fraction of sp³-hybridized carbons (Fsp3) is 0.188. The topological polar surface area (TPSA) is 46.3 Å². The Morgan fingerprint density at radius 2 is 1.68 bits per heavy atom. The largest absolute Gasteiger partial charge is 0.330 e. The molecule has 96 valence electrons. The molecule has 3 heteroatoms. The molecular formula is C16H16N2O. The Kier molecular flexibility index (Phi) is 3.05. The molecule has 19 heavy (non-hydrogen) atoms. The third-order valence-corrected chi connectivity index (χ3v) is 3.54. The minimum Gasteiger partial charge on any atom is -0.330 e. The third-order valence-electron chi connectivity index (χ3n) is 3.54. The Morgan fingerprint density at radius 3 is 2.42 bits per heavy atom. The van der Waals surface area contributed by atoms with Gasteiger partial charge in [0.25, 0.3) is 0 Å². The maximum atomic E-state index is 12.6. The van der Waals surface area contributed by atoms with Gasteiger partial charge in [-0.15, -0.1) is 0 Å². The first kappa shape index (κ1) is 11.9. The fourth-order valence-electron chi connectivity index (χ4n) is 2.68. The van der Waals surface area contributed by atoms with Crippen LogP contribution in [0.4, 0.5) is 11.4 Å². The second-order valence-electron chi connectivity index (χ2n) is 4.70. The molecule has 2 N–H and O–H groups in total. The number of fused-ring (bicyclic) bond motifs is 1. The lowest BCUT2D eigenvalue weighted by Crippen LogP contribution is -2.24. The van der Waals surface area contributed by atoms with Crippen molar-refractivity contribution in [2.75, 3.05) is 11.4 Å². The Hall–Kier alpha value is -2.13. The van der Waals surface area contributed by atoms with E-state index in [9.17, 15) is 4.79 Å². The van der Waals surface area contributed by atoms with Crippen molar-refractivity contribution in [2.45, 2.75) is 12.3 Å². The molecule has 3 nitrogen and oxygen atoms in total. The van der Waals surface area contributed by atoms with Gasteiger partial charge in [-0.05, 0) is 36.7 Å². The van der Waals surface area contributed by atoms with Gasteiger partial charge in [0.1, 0.15) is 0 Å². The average molecular weight is 252 g/mol. The molecule has 0 bridgehead atoms. The minimum absolute atomic E-state index is 0.110. The predicted octanol–water partition coefficient (Wildman–Crippen LogP) is 2.80. The highest BCUT2D eigenvalue weighted by Gasteiger charge is 2.36. The summed E-state index contributed by atoms with van der Waals surface area (Å²) in [4.78, 5) is 14.4. The number of nitrogens with zero attached hydrogens (tertiary/aromatic N) is 1. The number of para-hydroxylation sites is 2. The lowest BCUT2D eigenvalue weighted by molar-refractivity contribution is -0.118. The highest BCUT2D eigenvalue weighted by Crippen LogP contribution is 2.42. The molecule has 1 aliphatic rings. The number of amides is 1. The van der Waals surface area contributed by atoms with E-state index < -0.39 is 0 Å². The molecule has 0 aromatic heterocycles. The average Bonchev–Trinajstić information content (AvgIpc) is 2.73. The molecular weight excluding hydrogens is 236 g/mol. The SMILES string of the molecule is NCCC1C(=O)N(c2ccccc2)c2ccccc21. The molecule has 2 aromatic rings. The summed E-state index contributed by atoms with van der Waals surface area (Å²) in [6, 6.07) is 17.7. The van der Waals surface area contributed by atoms with Crippen LogP contribution in [0.1, 0.15) is 17.9 Å². The van der Waals surface area contributed by atoms with E-state index in [-0.39, 0.29) is 11.8 Å². The van der Waals surface area contributed by atoms with Crippen LogP contribution >= 0.6 is 0 Å². The van der Waals surface area contributed by atoms with Gasteiger partial charge in [-0.3, -0.25) is 9.69 Å². The van der Waals surface area contributed by atoms with Crippen LogP contribution in [0.25, 0.3) is 0 Å². The first-order valence-electron chi connectivity index (χ1n) is 6.51. The molecule has 2 aromatic carbocycles. The van der Waals surface area contributed by atoms with Crippen molar-refractivity contribution < 1.29 is 4.79 Å². The monoisotopic (exact) mass is 252 g/mol. The maximum Gasteiger partial charge on any atom is 0.239 e. The summed E-state index contributed by atoms with van der Waals surface area (Å²) in [5.41, 5.74) is 8.63. The minimum atomic E-state index is -0.110. The van der Waals surface area contributed by atoms with E-state index in [0.29, 0.717) is 13.0 Å². The van der Waals surface area contributed by atoms with Gasteiger partial charge in [-0.25, -0.2) is 0 Å². The lowest BCUT2D eigenvalue weighted by atomic mass is 9.97. The normalized spacial score (nSPS) is 17.6. The number of benzene rings is 2. The van der Waals surface area contributed by atoms with E-state index in [2.05, 4.69) is 0 Å².